The minimum atomic E-state index is -1.32. The van der Waals surface area contributed by atoms with Gasteiger partial charge in [-0.05, 0) is 49.4 Å². The summed E-state index contributed by atoms with van der Waals surface area (Å²) in [5.74, 6) is -3.20. The van der Waals surface area contributed by atoms with Gasteiger partial charge in [-0.3, -0.25) is 0 Å². The SMILES string of the molecule is CC(O)CCCC=Cc1ccc(-c2cnc(-c3ccc(O)c(F)c3F)nc2)cc1. The van der Waals surface area contributed by atoms with Crippen LogP contribution in [0.1, 0.15) is 31.7 Å². The van der Waals surface area contributed by atoms with Crippen molar-refractivity contribution in [1.29, 1.82) is 0 Å². The van der Waals surface area contributed by atoms with Crippen LogP contribution in [-0.4, -0.2) is 26.3 Å². The molecule has 3 aromatic rings. The third-order valence-corrected chi connectivity index (χ3v) is 4.50. The second-order valence-corrected chi connectivity index (χ2v) is 6.86. The quantitative estimate of drug-likeness (QED) is 0.528. The van der Waals surface area contributed by atoms with Crippen LogP contribution in [0.4, 0.5) is 8.78 Å². The van der Waals surface area contributed by atoms with Gasteiger partial charge in [0, 0.05) is 18.0 Å². The summed E-state index contributed by atoms with van der Waals surface area (Å²) >= 11 is 0. The molecule has 0 spiro atoms. The van der Waals surface area contributed by atoms with Gasteiger partial charge in [0.2, 0.25) is 5.82 Å². The minimum absolute atomic E-state index is 0.0434. The number of halogens is 2. The van der Waals surface area contributed by atoms with Crippen LogP contribution in [0.3, 0.4) is 0 Å². The number of rotatable bonds is 7. The van der Waals surface area contributed by atoms with E-state index in [1.807, 2.05) is 30.3 Å². The van der Waals surface area contributed by atoms with Crippen molar-refractivity contribution in [3.63, 3.8) is 0 Å². The number of unbranched alkanes of at least 4 members (excludes halogenated alkanes) is 1. The Balaban J connectivity index is 1.69. The fourth-order valence-corrected chi connectivity index (χ4v) is 2.87. The smallest absolute Gasteiger partial charge is 0.201 e. The second-order valence-electron chi connectivity index (χ2n) is 6.86. The Hall–Kier alpha value is -3.12. The molecular formula is C23H22F2N2O2. The van der Waals surface area contributed by atoms with E-state index in [0.29, 0.717) is 0 Å². The molecule has 0 saturated heterocycles. The minimum Gasteiger partial charge on any atom is -0.505 e. The second kappa shape index (κ2) is 9.39. The molecule has 4 nitrogen and oxygen atoms in total. The van der Waals surface area contributed by atoms with Crippen LogP contribution < -0.4 is 0 Å². The Labute approximate surface area is 168 Å². The normalized spacial score (nSPS) is 12.4. The molecule has 0 aliphatic carbocycles. The van der Waals surface area contributed by atoms with E-state index >= 15 is 0 Å². The van der Waals surface area contributed by atoms with Gasteiger partial charge in [-0.25, -0.2) is 14.4 Å². The van der Waals surface area contributed by atoms with E-state index in [0.717, 1.165) is 42.0 Å². The van der Waals surface area contributed by atoms with E-state index in [-0.39, 0.29) is 17.5 Å². The first kappa shape index (κ1) is 20.6. The lowest BCUT2D eigenvalue weighted by Crippen LogP contribution is -1.97. The average Bonchev–Trinajstić information content (AvgIpc) is 2.72. The van der Waals surface area contributed by atoms with Gasteiger partial charge in [-0.1, -0.05) is 36.4 Å². The lowest BCUT2D eigenvalue weighted by atomic mass is 10.1. The standard InChI is InChI=1S/C23H22F2N2O2/c1-15(28)5-3-2-4-6-16-7-9-17(10-8-16)18-13-26-23(27-14-18)19-11-12-20(29)22(25)21(19)24/h4,6-15,28-29H,2-3,5H2,1H3. The third-order valence-electron chi connectivity index (χ3n) is 4.50. The van der Waals surface area contributed by atoms with E-state index in [1.165, 1.54) is 6.07 Å². The largest absolute Gasteiger partial charge is 0.505 e. The molecule has 0 saturated carbocycles. The number of hydrogen-bond acceptors (Lipinski definition) is 4. The van der Waals surface area contributed by atoms with Crippen molar-refractivity contribution in [2.45, 2.75) is 32.3 Å². The number of hydrogen-bond donors (Lipinski definition) is 2. The van der Waals surface area contributed by atoms with Gasteiger partial charge in [-0.15, -0.1) is 0 Å². The highest BCUT2D eigenvalue weighted by atomic mass is 19.2. The summed E-state index contributed by atoms with van der Waals surface area (Å²) in [4.78, 5) is 8.26. The molecule has 6 heteroatoms. The van der Waals surface area contributed by atoms with Gasteiger partial charge in [0.25, 0.3) is 0 Å². The van der Waals surface area contributed by atoms with Crippen molar-refractivity contribution in [2.24, 2.45) is 0 Å². The van der Waals surface area contributed by atoms with Crippen LogP contribution >= 0.6 is 0 Å². The molecular weight excluding hydrogens is 374 g/mol. The Morgan fingerprint density at radius 2 is 1.66 bits per heavy atom. The van der Waals surface area contributed by atoms with E-state index in [2.05, 4.69) is 16.0 Å². The highest BCUT2D eigenvalue weighted by Gasteiger charge is 2.16. The van der Waals surface area contributed by atoms with Crippen LogP contribution in [0, 0.1) is 11.6 Å². The first-order chi connectivity index (χ1) is 14.0. The maximum absolute atomic E-state index is 14.0. The predicted octanol–water partition coefficient (Wildman–Crippen LogP) is 5.36. The molecule has 0 aliphatic heterocycles. The van der Waals surface area contributed by atoms with E-state index < -0.39 is 17.4 Å². The zero-order valence-electron chi connectivity index (χ0n) is 16.0. The Morgan fingerprint density at radius 3 is 2.31 bits per heavy atom. The summed E-state index contributed by atoms with van der Waals surface area (Å²) in [7, 11) is 0. The third kappa shape index (κ3) is 5.23. The van der Waals surface area contributed by atoms with Crippen LogP contribution in [0.25, 0.3) is 28.6 Å². The molecule has 29 heavy (non-hydrogen) atoms. The molecule has 1 atom stereocenters. The first-order valence-electron chi connectivity index (χ1n) is 9.40. The number of nitrogens with zero attached hydrogens (tertiary/aromatic N) is 2. The van der Waals surface area contributed by atoms with E-state index in [4.69, 9.17) is 0 Å². The molecule has 0 radical (unpaired) electrons. The zero-order valence-corrected chi connectivity index (χ0v) is 16.0. The summed E-state index contributed by atoms with van der Waals surface area (Å²) in [6, 6.07) is 10.1. The summed E-state index contributed by atoms with van der Waals surface area (Å²) < 4.78 is 27.5. The van der Waals surface area contributed by atoms with E-state index in [9.17, 15) is 19.0 Å². The number of aliphatic hydroxyl groups is 1. The van der Waals surface area contributed by atoms with Crippen molar-refractivity contribution in [3.05, 3.63) is 72.1 Å². The summed E-state index contributed by atoms with van der Waals surface area (Å²) in [5.41, 5.74) is 2.61. The lowest BCUT2D eigenvalue weighted by Gasteiger charge is -2.06. The predicted molar refractivity (Wildman–Crippen MR) is 109 cm³/mol. The summed E-state index contributed by atoms with van der Waals surface area (Å²) in [5, 5.41) is 18.5. The molecule has 1 unspecified atom stereocenters. The fraction of sp³-hybridized carbons (Fsp3) is 0.217. The van der Waals surface area contributed by atoms with Gasteiger partial charge < -0.3 is 10.2 Å². The molecule has 0 bridgehead atoms. The number of aromatic nitrogens is 2. The van der Waals surface area contributed by atoms with Gasteiger partial charge >= 0.3 is 0 Å². The molecule has 0 amide bonds. The molecule has 1 aromatic heterocycles. The number of aliphatic hydroxyl groups excluding tert-OH is 1. The highest BCUT2D eigenvalue weighted by Crippen LogP contribution is 2.28. The number of phenols is 1. The van der Waals surface area contributed by atoms with Gasteiger partial charge in [0.1, 0.15) is 0 Å². The maximum Gasteiger partial charge on any atom is 0.201 e. The van der Waals surface area contributed by atoms with Gasteiger partial charge in [0.15, 0.2) is 17.4 Å². The number of aromatic hydroxyl groups is 1. The van der Waals surface area contributed by atoms with Crippen molar-refractivity contribution in [1.82, 2.24) is 9.97 Å². The topological polar surface area (TPSA) is 66.2 Å². The van der Waals surface area contributed by atoms with Crippen molar-refractivity contribution < 1.29 is 19.0 Å². The molecule has 3 rings (SSSR count). The fourth-order valence-electron chi connectivity index (χ4n) is 2.87. The average molecular weight is 396 g/mol. The highest BCUT2D eigenvalue weighted by molar-refractivity contribution is 5.66. The van der Waals surface area contributed by atoms with Gasteiger partial charge in [-0.2, -0.15) is 4.39 Å². The van der Waals surface area contributed by atoms with Crippen molar-refractivity contribution in [3.8, 4) is 28.3 Å². The zero-order chi connectivity index (χ0) is 20.8. The Bertz CT molecular complexity index is 985. The van der Waals surface area contributed by atoms with Crippen LogP contribution in [0.2, 0.25) is 0 Å². The molecule has 0 fully saturated rings. The monoisotopic (exact) mass is 396 g/mol. The Morgan fingerprint density at radius 1 is 0.966 bits per heavy atom. The number of benzene rings is 2. The van der Waals surface area contributed by atoms with Crippen LogP contribution in [-0.2, 0) is 0 Å². The van der Waals surface area contributed by atoms with Crippen molar-refractivity contribution in [2.75, 3.05) is 0 Å². The molecule has 1 heterocycles. The summed E-state index contributed by atoms with van der Waals surface area (Å²) in [6.45, 7) is 1.79. The van der Waals surface area contributed by atoms with Crippen LogP contribution in [0.15, 0.2) is 54.9 Å². The Kier molecular flexibility index (Phi) is 6.67. The first-order valence-corrected chi connectivity index (χ1v) is 9.40. The summed E-state index contributed by atoms with van der Waals surface area (Å²) in [6.07, 6.45) is 9.60. The lowest BCUT2D eigenvalue weighted by molar-refractivity contribution is 0.182. The van der Waals surface area contributed by atoms with Gasteiger partial charge in [0.05, 0.1) is 11.7 Å². The number of phenolic OH excluding ortho intramolecular Hbond substituents is 1. The molecule has 0 aliphatic rings. The molecule has 2 aromatic carbocycles. The maximum atomic E-state index is 14.0. The van der Waals surface area contributed by atoms with Crippen molar-refractivity contribution >= 4 is 6.08 Å². The number of allylic oxidation sites excluding steroid dienone is 1. The molecule has 2 N–H and O–H groups in total. The van der Waals surface area contributed by atoms with Crippen LogP contribution in [0.5, 0.6) is 5.75 Å². The molecule has 150 valence electrons. The van der Waals surface area contributed by atoms with E-state index in [1.54, 1.807) is 19.3 Å².